The smallest absolute Gasteiger partial charge is 0.190 e. The van der Waals surface area contributed by atoms with Crippen LogP contribution in [0.3, 0.4) is 0 Å². The second kappa shape index (κ2) is 22.9. The molecule has 0 aliphatic heterocycles. The Morgan fingerprint density at radius 2 is 0.930 bits per heavy atom. The molecule has 0 aliphatic carbocycles. The van der Waals surface area contributed by atoms with Gasteiger partial charge >= 0.3 is 0 Å². The van der Waals surface area contributed by atoms with Gasteiger partial charge in [0.1, 0.15) is 14.4 Å². The summed E-state index contributed by atoms with van der Waals surface area (Å²) in [7, 11) is -3.95. The lowest BCUT2D eigenvalue weighted by atomic mass is 9.68. The van der Waals surface area contributed by atoms with Crippen molar-refractivity contribution in [2.75, 3.05) is 18.6 Å². The molecule has 320 valence electrons. The minimum absolute atomic E-state index is 0.000980. The molecule has 0 saturated carbocycles. The summed E-state index contributed by atoms with van der Waals surface area (Å²) in [5, 5.41) is 0. The molecule has 3 atom stereocenters. The van der Waals surface area contributed by atoms with Gasteiger partial charge in [-0.2, -0.15) is 22.4 Å². The van der Waals surface area contributed by atoms with Gasteiger partial charge in [-0.25, -0.2) is 0 Å². The lowest BCUT2D eigenvalue weighted by Gasteiger charge is -2.44. The third-order valence-corrected chi connectivity index (χ3v) is 28.6. The topological polar surface area (TPSA) is 9.23 Å². The SMILES string of the molecule is CCCCCC(C[Si](C)(C)CCCS[Si](C)(C)C)(c1ccc(C)cc1)c1cccc(C(CCCCC)(C[Si](C)(CCCS[Si](C)(C)C)OC)c2ccc(C)cc2)c1. The third-order valence-electron chi connectivity index (χ3n) is 12.5. The highest BCUT2D eigenvalue weighted by molar-refractivity contribution is 8.28. The largest absolute Gasteiger partial charge is 0.420 e. The highest BCUT2D eigenvalue weighted by Crippen LogP contribution is 2.50. The molecule has 0 bridgehead atoms. The van der Waals surface area contributed by atoms with E-state index in [1.54, 1.807) is 11.1 Å². The van der Waals surface area contributed by atoms with Gasteiger partial charge in [-0.05, 0) is 98.0 Å². The average Bonchev–Trinajstić information content (AvgIpc) is 3.14. The first-order valence-electron chi connectivity index (χ1n) is 22.8. The number of rotatable bonds is 27. The van der Waals surface area contributed by atoms with E-state index in [4.69, 9.17) is 4.43 Å². The lowest BCUT2D eigenvalue weighted by Crippen LogP contribution is -2.44. The van der Waals surface area contributed by atoms with E-state index in [0.717, 1.165) is 6.04 Å². The molecule has 0 amide bonds. The maximum absolute atomic E-state index is 6.82. The first-order chi connectivity index (χ1) is 26.7. The summed E-state index contributed by atoms with van der Waals surface area (Å²) >= 11 is 4.53. The highest BCUT2D eigenvalue weighted by Gasteiger charge is 2.45. The summed E-state index contributed by atoms with van der Waals surface area (Å²) in [5.41, 5.74) is 8.74. The number of hydrogen-bond acceptors (Lipinski definition) is 3. The first kappa shape index (κ1) is 50.5. The van der Waals surface area contributed by atoms with Crippen LogP contribution in [0.1, 0.15) is 111 Å². The average molecular weight is 880 g/mol. The highest BCUT2D eigenvalue weighted by atomic mass is 32.4. The van der Waals surface area contributed by atoms with E-state index in [1.165, 1.54) is 116 Å². The molecular formula is C50H86OS2Si4. The second-order valence-corrected chi connectivity index (χ2v) is 49.0. The van der Waals surface area contributed by atoms with Crippen molar-refractivity contribution in [3.63, 3.8) is 0 Å². The summed E-state index contributed by atoms with van der Waals surface area (Å²) in [4.78, 5) is 0. The minimum atomic E-state index is -2.11. The predicted molar refractivity (Wildman–Crippen MR) is 275 cm³/mol. The Morgan fingerprint density at radius 1 is 0.509 bits per heavy atom. The fraction of sp³-hybridized carbons (Fsp3) is 0.640. The second-order valence-electron chi connectivity index (χ2n) is 20.7. The normalized spacial score (nSPS) is 15.9. The Balaban J connectivity index is 2.30. The molecule has 7 heteroatoms. The quantitative estimate of drug-likeness (QED) is 0.0558. The van der Waals surface area contributed by atoms with E-state index >= 15 is 0 Å². The molecular weight excluding hydrogens is 793 g/mol. The molecule has 0 aromatic heterocycles. The van der Waals surface area contributed by atoms with E-state index in [2.05, 4.69) is 182 Å². The molecule has 3 rings (SSSR count). The van der Waals surface area contributed by atoms with Gasteiger partial charge in [-0.15, -0.1) is 0 Å². The molecule has 57 heavy (non-hydrogen) atoms. The monoisotopic (exact) mass is 879 g/mol. The number of hydrogen-bond donors (Lipinski definition) is 0. The molecule has 0 saturated heterocycles. The van der Waals surface area contributed by atoms with Crippen LogP contribution in [0, 0.1) is 13.8 Å². The lowest BCUT2D eigenvalue weighted by molar-refractivity contribution is 0.371. The molecule has 0 aliphatic rings. The van der Waals surface area contributed by atoms with Crippen molar-refractivity contribution in [1.29, 1.82) is 0 Å². The Bertz CT molecular complexity index is 1600. The molecule has 0 heterocycles. The summed E-state index contributed by atoms with van der Waals surface area (Å²) < 4.78 is 6.82. The van der Waals surface area contributed by atoms with Crippen LogP contribution in [0.15, 0.2) is 72.8 Å². The van der Waals surface area contributed by atoms with Crippen molar-refractivity contribution in [2.24, 2.45) is 0 Å². The number of benzene rings is 3. The van der Waals surface area contributed by atoms with Crippen LogP contribution in [0.5, 0.6) is 0 Å². The zero-order valence-electron chi connectivity index (χ0n) is 39.5. The Labute approximate surface area is 366 Å². The molecule has 0 fully saturated rings. The van der Waals surface area contributed by atoms with Crippen LogP contribution in [0.25, 0.3) is 0 Å². The fourth-order valence-corrected chi connectivity index (χ4v) is 23.0. The van der Waals surface area contributed by atoms with Gasteiger partial charge in [0.25, 0.3) is 0 Å². The van der Waals surface area contributed by atoms with Gasteiger partial charge in [-0.1, -0.05) is 195 Å². The number of aryl methyl sites for hydroxylation is 2. The van der Waals surface area contributed by atoms with Gasteiger partial charge in [-0.3, -0.25) is 0 Å². The minimum Gasteiger partial charge on any atom is -0.420 e. The van der Waals surface area contributed by atoms with Crippen LogP contribution in [-0.2, 0) is 15.3 Å². The molecule has 3 aromatic rings. The molecule has 1 nitrogen and oxygen atoms in total. The van der Waals surface area contributed by atoms with Crippen molar-refractivity contribution < 1.29 is 4.43 Å². The van der Waals surface area contributed by atoms with Crippen LogP contribution < -0.4 is 0 Å². The van der Waals surface area contributed by atoms with E-state index in [9.17, 15) is 0 Å². The zero-order valence-corrected chi connectivity index (χ0v) is 45.1. The van der Waals surface area contributed by atoms with E-state index in [-0.39, 0.29) is 10.8 Å². The summed E-state index contributed by atoms with van der Waals surface area (Å²) in [5.74, 6) is 2.59. The molecule has 0 spiro atoms. The van der Waals surface area contributed by atoms with E-state index in [1.807, 2.05) is 7.11 Å². The summed E-state index contributed by atoms with van der Waals surface area (Å²) in [6.07, 6.45) is 12.6. The molecule has 3 unspecified atom stereocenters. The van der Waals surface area contributed by atoms with Gasteiger partial charge in [0.05, 0.1) is 0 Å². The van der Waals surface area contributed by atoms with Crippen LogP contribution >= 0.6 is 22.4 Å². The Kier molecular flexibility index (Phi) is 20.3. The van der Waals surface area contributed by atoms with Crippen molar-refractivity contribution in [2.45, 2.75) is 186 Å². The Hall–Kier alpha value is -0.812. The Morgan fingerprint density at radius 3 is 1.33 bits per heavy atom. The van der Waals surface area contributed by atoms with Crippen molar-refractivity contribution in [3.05, 3.63) is 106 Å². The standard InChI is InChI=1S/C50H86OS2Si4/c1-15-17-19-34-49(45-30-26-43(3)27-31-45,41-56(12,13)38-22-36-52-54(6,7)8)47-24-21-25-48(40-47)50(35-20-18-16-2,46-32-28-44(4)29-33-46)42-57(14,51-5)39-23-37-53-55(9,10)11/h21,24-33,40H,15-20,22-23,34-39,41-42H2,1-14H3. The van der Waals surface area contributed by atoms with Crippen LogP contribution in [-0.4, -0.2) is 49.5 Å². The predicted octanol–water partition coefficient (Wildman–Crippen LogP) is 16.9. The molecule has 3 aromatic carbocycles. The van der Waals surface area contributed by atoms with Gasteiger partial charge in [0, 0.05) is 26.0 Å². The van der Waals surface area contributed by atoms with Gasteiger partial charge in [0.15, 0.2) is 8.32 Å². The van der Waals surface area contributed by atoms with Crippen molar-refractivity contribution in [1.82, 2.24) is 0 Å². The molecule has 0 N–H and O–H groups in total. The van der Waals surface area contributed by atoms with Crippen LogP contribution in [0.4, 0.5) is 0 Å². The van der Waals surface area contributed by atoms with Crippen molar-refractivity contribution in [3.8, 4) is 0 Å². The van der Waals surface area contributed by atoms with Gasteiger partial charge < -0.3 is 4.43 Å². The summed E-state index contributed by atoms with van der Waals surface area (Å²) in [6, 6.07) is 34.9. The van der Waals surface area contributed by atoms with Gasteiger partial charge in [0.2, 0.25) is 0 Å². The summed E-state index contributed by atoms with van der Waals surface area (Å²) in [6.45, 7) is 32.2. The molecule has 0 radical (unpaired) electrons. The maximum atomic E-state index is 6.82. The van der Waals surface area contributed by atoms with Crippen LogP contribution in [0.2, 0.25) is 83.1 Å². The zero-order chi connectivity index (χ0) is 42.4. The number of unbranched alkanes of at least 4 members (excludes halogenated alkanes) is 4. The van der Waals surface area contributed by atoms with Crippen molar-refractivity contribution >= 4 is 53.3 Å². The maximum Gasteiger partial charge on any atom is 0.190 e. The van der Waals surface area contributed by atoms with E-state index in [0.29, 0.717) is 0 Å². The first-order valence-corrected chi connectivity index (χ1v) is 39.5. The van der Waals surface area contributed by atoms with E-state index < -0.39 is 30.8 Å². The third kappa shape index (κ3) is 16.2. The fourth-order valence-electron chi connectivity index (χ4n) is 9.27.